The smallest absolute Gasteiger partial charge is 0.225 e. The van der Waals surface area contributed by atoms with E-state index in [9.17, 15) is 18.0 Å². The number of carbonyl (C=O) groups is 1. The van der Waals surface area contributed by atoms with Gasteiger partial charge in [0.25, 0.3) is 0 Å². The zero-order valence-electron chi connectivity index (χ0n) is 20.1. The van der Waals surface area contributed by atoms with Gasteiger partial charge in [-0.05, 0) is 44.2 Å². The fourth-order valence-corrected chi connectivity index (χ4v) is 5.14. The van der Waals surface area contributed by atoms with E-state index >= 15 is 0 Å². The average Bonchev–Trinajstić information content (AvgIpc) is 3.20. The molecule has 2 fully saturated rings. The van der Waals surface area contributed by atoms with E-state index in [4.69, 9.17) is 22.1 Å². The number of aromatic nitrogens is 4. The number of alkyl halides is 1. The summed E-state index contributed by atoms with van der Waals surface area (Å²) in [5.41, 5.74) is 5.36. The molecule has 4 N–H and O–H groups in total. The highest BCUT2D eigenvalue weighted by atomic mass is 35.5. The second kappa shape index (κ2) is 9.97. The van der Waals surface area contributed by atoms with E-state index in [0.717, 1.165) is 12.1 Å². The molecule has 0 radical (unpaired) electrons. The first-order chi connectivity index (χ1) is 17.6. The number of hydrogen-bond acceptors (Lipinski definition) is 7. The number of primary amides is 1. The monoisotopic (exact) mass is 537 g/mol. The van der Waals surface area contributed by atoms with Crippen molar-refractivity contribution in [2.45, 2.75) is 57.3 Å². The Morgan fingerprint density at radius 3 is 2.57 bits per heavy atom. The van der Waals surface area contributed by atoms with Crippen LogP contribution in [0.2, 0.25) is 5.02 Å². The number of hydrogen-bond donors (Lipinski definition) is 3. The summed E-state index contributed by atoms with van der Waals surface area (Å²) in [6.07, 6.45) is 2.89. The van der Waals surface area contributed by atoms with Crippen molar-refractivity contribution in [3.05, 3.63) is 35.0 Å². The van der Waals surface area contributed by atoms with Gasteiger partial charge in [0.05, 0.1) is 18.8 Å². The Morgan fingerprint density at radius 2 is 1.92 bits per heavy atom. The molecule has 1 aliphatic carbocycles. The summed E-state index contributed by atoms with van der Waals surface area (Å²) in [6, 6.07) is 1.30. The van der Waals surface area contributed by atoms with E-state index in [2.05, 4.69) is 25.6 Å². The molecule has 0 bridgehead atoms. The van der Waals surface area contributed by atoms with Crippen LogP contribution >= 0.6 is 11.6 Å². The minimum absolute atomic E-state index is 0.00909. The lowest BCUT2D eigenvalue weighted by atomic mass is 9.73. The Balaban J connectivity index is 1.54. The van der Waals surface area contributed by atoms with E-state index in [-0.39, 0.29) is 35.5 Å². The topological polar surface area (TPSA) is 120 Å². The molecule has 3 aromatic rings. The largest absolute Gasteiger partial charge is 0.378 e. The molecule has 1 saturated heterocycles. The van der Waals surface area contributed by atoms with Gasteiger partial charge in [0, 0.05) is 23.1 Å². The number of ether oxygens (including phenoxy) is 1. The molecule has 9 nitrogen and oxygen atoms in total. The fourth-order valence-electron chi connectivity index (χ4n) is 4.94. The molecule has 5 rings (SSSR count). The van der Waals surface area contributed by atoms with Crippen LogP contribution in [0, 0.1) is 17.0 Å². The summed E-state index contributed by atoms with van der Waals surface area (Å²) in [7, 11) is 0. The number of carbonyl (C=O) groups excluding carboxylic acids is 1. The van der Waals surface area contributed by atoms with Gasteiger partial charge in [-0.15, -0.1) is 0 Å². The summed E-state index contributed by atoms with van der Waals surface area (Å²) < 4.78 is 50.5. The lowest BCUT2D eigenvalue weighted by Crippen LogP contribution is -2.39. The van der Waals surface area contributed by atoms with Crippen LogP contribution < -0.4 is 16.4 Å². The number of nitrogens with one attached hydrogen (secondary N) is 2. The average molecular weight is 538 g/mol. The Hall–Kier alpha value is -3.12. The second-order valence-corrected chi connectivity index (χ2v) is 10.3. The summed E-state index contributed by atoms with van der Waals surface area (Å²) in [5, 5.41) is 5.72. The summed E-state index contributed by atoms with van der Waals surface area (Å²) in [6.45, 7) is 2.25. The van der Waals surface area contributed by atoms with Crippen molar-refractivity contribution in [1.29, 1.82) is 0 Å². The lowest BCUT2D eigenvalue weighted by molar-refractivity contribution is -0.128. The Morgan fingerprint density at radius 1 is 1.22 bits per heavy atom. The first-order valence-corrected chi connectivity index (χ1v) is 12.5. The highest BCUT2D eigenvalue weighted by molar-refractivity contribution is 6.30. The van der Waals surface area contributed by atoms with Crippen molar-refractivity contribution in [2.75, 3.05) is 23.8 Å². The predicted molar refractivity (Wildman–Crippen MR) is 133 cm³/mol. The van der Waals surface area contributed by atoms with Crippen molar-refractivity contribution in [3.63, 3.8) is 0 Å². The molecule has 2 atom stereocenters. The van der Waals surface area contributed by atoms with E-state index in [1.54, 1.807) is 4.57 Å². The van der Waals surface area contributed by atoms with Crippen molar-refractivity contribution in [3.8, 4) is 0 Å². The highest BCUT2D eigenvalue weighted by Gasteiger charge is 2.38. The SMILES string of the molecule is CC1(C(N)=O)CCC(n2c(Nc3c(F)cc(Cl)cc3F)nc3cnc(NC4CCOC[C@H]4F)nc32)CC1. The molecule has 2 aromatic heterocycles. The summed E-state index contributed by atoms with van der Waals surface area (Å²) in [5.74, 6) is -1.76. The molecule has 0 spiro atoms. The molecule has 1 amide bonds. The van der Waals surface area contributed by atoms with Crippen LogP contribution in [-0.2, 0) is 9.53 Å². The third-order valence-electron chi connectivity index (χ3n) is 7.30. The zero-order valence-corrected chi connectivity index (χ0v) is 20.9. The maximum absolute atomic E-state index is 14.6. The number of fused-ring (bicyclic) bond motifs is 1. The van der Waals surface area contributed by atoms with Gasteiger partial charge in [-0.2, -0.15) is 4.98 Å². The Labute approximate surface area is 215 Å². The number of benzene rings is 1. The standard InChI is InChI=1S/C24H27ClF3N7O2/c1-24(21(29)36)5-2-13(3-6-24)35-20-18(10-30-22(34-20)31-17-4-7-37-11-16(17)28)32-23(35)33-19-14(26)8-12(25)9-15(19)27/h8-10,13,16-17H,2-7,11H2,1H3,(H2,29,36)(H,32,33)(H,30,31,34)/t13?,16-,17?,24?/m1/s1. The molecule has 2 aliphatic rings. The number of nitrogens with zero attached hydrogens (tertiary/aromatic N) is 4. The van der Waals surface area contributed by atoms with Crippen LogP contribution in [0.15, 0.2) is 18.3 Å². The minimum atomic E-state index is -1.21. The molecule has 3 heterocycles. The normalized spacial score (nSPS) is 26.2. The summed E-state index contributed by atoms with van der Waals surface area (Å²) in [4.78, 5) is 25.4. The fraction of sp³-hybridized carbons (Fsp3) is 0.500. The van der Waals surface area contributed by atoms with Crippen molar-refractivity contribution in [2.24, 2.45) is 11.1 Å². The Kier molecular flexibility index (Phi) is 6.88. The van der Waals surface area contributed by atoms with E-state index in [1.165, 1.54) is 6.20 Å². The summed E-state index contributed by atoms with van der Waals surface area (Å²) >= 11 is 5.78. The Bertz CT molecular complexity index is 1310. The number of amides is 1. The van der Waals surface area contributed by atoms with E-state index in [1.807, 2.05) is 6.92 Å². The maximum atomic E-state index is 14.6. The lowest BCUT2D eigenvalue weighted by Gasteiger charge is -2.35. The molecular formula is C24H27ClF3N7O2. The number of anilines is 3. The van der Waals surface area contributed by atoms with Crippen LogP contribution in [0.1, 0.15) is 45.1 Å². The van der Waals surface area contributed by atoms with Gasteiger partial charge >= 0.3 is 0 Å². The van der Waals surface area contributed by atoms with Crippen LogP contribution in [0.25, 0.3) is 11.2 Å². The molecule has 1 aromatic carbocycles. The van der Waals surface area contributed by atoms with Crippen LogP contribution in [0.4, 0.5) is 30.8 Å². The third-order valence-corrected chi connectivity index (χ3v) is 7.51. The minimum Gasteiger partial charge on any atom is -0.378 e. The first kappa shape index (κ1) is 25.5. The van der Waals surface area contributed by atoms with Crippen molar-refractivity contribution >= 4 is 46.3 Å². The van der Waals surface area contributed by atoms with Gasteiger partial charge in [0.2, 0.25) is 17.8 Å². The number of imidazole rings is 1. The van der Waals surface area contributed by atoms with Crippen LogP contribution in [0.3, 0.4) is 0 Å². The van der Waals surface area contributed by atoms with Gasteiger partial charge in [-0.25, -0.2) is 23.1 Å². The number of halogens is 4. The van der Waals surface area contributed by atoms with Crippen LogP contribution in [-0.4, -0.2) is 50.9 Å². The van der Waals surface area contributed by atoms with Gasteiger partial charge < -0.3 is 21.1 Å². The molecular weight excluding hydrogens is 511 g/mol. The predicted octanol–water partition coefficient (Wildman–Crippen LogP) is 4.65. The maximum Gasteiger partial charge on any atom is 0.225 e. The van der Waals surface area contributed by atoms with Gasteiger partial charge in [0.15, 0.2) is 17.3 Å². The van der Waals surface area contributed by atoms with E-state index < -0.39 is 35.0 Å². The number of rotatable bonds is 6. The van der Waals surface area contributed by atoms with Gasteiger partial charge in [-0.1, -0.05) is 18.5 Å². The van der Waals surface area contributed by atoms with E-state index in [0.29, 0.717) is 49.9 Å². The molecule has 1 saturated carbocycles. The van der Waals surface area contributed by atoms with Gasteiger partial charge in [-0.3, -0.25) is 9.36 Å². The second-order valence-electron chi connectivity index (χ2n) is 9.86. The molecule has 13 heteroatoms. The van der Waals surface area contributed by atoms with Crippen molar-refractivity contribution < 1.29 is 22.7 Å². The third kappa shape index (κ3) is 5.04. The first-order valence-electron chi connectivity index (χ1n) is 12.1. The number of nitrogens with two attached hydrogens (primary N) is 1. The van der Waals surface area contributed by atoms with Crippen molar-refractivity contribution in [1.82, 2.24) is 19.5 Å². The molecule has 37 heavy (non-hydrogen) atoms. The molecule has 1 aliphatic heterocycles. The van der Waals surface area contributed by atoms with Crippen LogP contribution in [0.5, 0.6) is 0 Å². The van der Waals surface area contributed by atoms with Gasteiger partial charge in [0.1, 0.15) is 17.4 Å². The highest BCUT2D eigenvalue weighted by Crippen LogP contribution is 2.43. The quantitative estimate of drug-likeness (QED) is 0.419. The molecule has 1 unspecified atom stereocenters. The zero-order chi connectivity index (χ0) is 26.3. The molecule has 198 valence electrons.